The standard InChI is InChI=1S/C83H162O17P2/c1-8-10-11-12-13-14-36-43-50-57-64-80(85)93-70-78(99-83(88)67-60-53-46-39-32-26-25-28-34-41-48-55-62-75(5)6)72-97-101(89,90)95-68-77(84)69-96-102(91,92)98-73-79(71-94-81(86)65-58-51-44-37-30-23-20-19-22-29-35-42-49-56-63-76(7)9-2)100-82(87)66-59-52-45-38-31-24-18-16-15-17-21-27-33-40-47-54-61-74(3)4/h74-79,84H,8-73H2,1-7H3,(H,89,90)(H,91,92)/t76?,77-,78+,79+/m0/s1. The van der Waals surface area contributed by atoms with Crippen LogP contribution in [0, 0.1) is 17.8 Å². The number of hydrogen-bond acceptors (Lipinski definition) is 15. The Labute approximate surface area is 626 Å². The van der Waals surface area contributed by atoms with Gasteiger partial charge in [0.25, 0.3) is 0 Å². The number of esters is 4. The third-order valence-electron chi connectivity index (χ3n) is 19.7. The number of phosphoric ester groups is 2. The van der Waals surface area contributed by atoms with Gasteiger partial charge >= 0.3 is 39.5 Å². The number of unbranched alkanes of at least 4 members (excludes halogenated alkanes) is 48. The fraction of sp³-hybridized carbons (Fsp3) is 0.952. The van der Waals surface area contributed by atoms with Crippen molar-refractivity contribution in [1.29, 1.82) is 0 Å². The fourth-order valence-corrected chi connectivity index (χ4v) is 14.4. The van der Waals surface area contributed by atoms with E-state index in [4.69, 9.17) is 37.0 Å². The largest absolute Gasteiger partial charge is 0.472 e. The quantitative estimate of drug-likeness (QED) is 0.0222. The van der Waals surface area contributed by atoms with Crippen molar-refractivity contribution in [2.75, 3.05) is 39.6 Å². The Bertz CT molecular complexity index is 1980. The van der Waals surface area contributed by atoms with Crippen molar-refractivity contribution < 1.29 is 80.2 Å². The van der Waals surface area contributed by atoms with Crippen LogP contribution in [0.3, 0.4) is 0 Å². The molecular weight excluding hydrogens is 1330 g/mol. The summed E-state index contributed by atoms with van der Waals surface area (Å²) in [4.78, 5) is 73.1. The number of phosphoric acid groups is 2. The van der Waals surface area contributed by atoms with Gasteiger partial charge < -0.3 is 33.8 Å². The predicted molar refractivity (Wildman–Crippen MR) is 418 cm³/mol. The molecule has 3 unspecified atom stereocenters. The minimum Gasteiger partial charge on any atom is -0.462 e. The molecule has 0 fully saturated rings. The van der Waals surface area contributed by atoms with Crippen LogP contribution in [0.15, 0.2) is 0 Å². The molecule has 0 aromatic carbocycles. The number of carbonyl (C=O) groups excluding carboxylic acids is 4. The molecule has 0 saturated carbocycles. The Hall–Kier alpha value is -1.94. The second-order valence-corrected chi connectivity index (χ2v) is 34.0. The zero-order valence-electron chi connectivity index (χ0n) is 67.1. The van der Waals surface area contributed by atoms with Gasteiger partial charge in [-0.25, -0.2) is 9.13 Å². The molecule has 0 aromatic rings. The van der Waals surface area contributed by atoms with Crippen LogP contribution in [0.1, 0.15) is 434 Å². The van der Waals surface area contributed by atoms with Gasteiger partial charge in [-0.1, -0.05) is 382 Å². The average molecular weight is 1490 g/mol. The summed E-state index contributed by atoms with van der Waals surface area (Å²) < 4.78 is 68.8. The van der Waals surface area contributed by atoms with Gasteiger partial charge in [0.05, 0.1) is 26.4 Å². The van der Waals surface area contributed by atoms with E-state index in [0.717, 1.165) is 108 Å². The molecule has 0 rings (SSSR count). The number of aliphatic hydroxyl groups is 1. The molecule has 6 atom stereocenters. The third-order valence-corrected chi connectivity index (χ3v) is 21.6. The number of aliphatic hydroxyl groups excluding tert-OH is 1. The highest BCUT2D eigenvalue weighted by atomic mass is 31.2. The lowest BCUT2D eigenvalue weighted by molar-refractivity contribution is -0.161. The van der Waals surface area contributed by atoms with Crippen LogP contribution < -0.4 is 0 Å². The molecule has 0 saturated heterocycles. The molecular formula is C83H162O17P2. The van der Waals surface area contributed by atoms with Crippen LogP contribution in [0.4, 0.5) is 0 Å². The van der Waals surface area contributed by atoms with Gasteiger partial charge in [-0.15, -0.1) is 0 Å². The highest BCUT2D eigenvalue weighted by molar-refractivity contribution is 7.47. The number of hydrogen-bond donors (Lipinski definition) is 3. The lowest BCUT2D eigenvalue weighted by Gasteiger charge is -2.21. The van der Waals surface area contributed by atoms with Crippen molar-refractivity contribution in [2.24, 2.45) is 17.8 Å². The van der Waals surface area contributed by atoms with Gasteiger partial charge in [0, 0.05) is 25.7 Å². The molecule has 102 heavy (non-hydrogen) atoms. The summed E-state index contributed by atoms with van der Waals surface area (Å²) in [5.74, 6) is 0.329. The molecule has 0 amide bonds. The second kappa shape index (κ2) is 73.2. The van der Waals surface area contributed by atoms with E-state index in [2.05, 4.69) is 48.5 Å². The van der Waals surface area contributed by atoms with E-state index in [0.29, 0.717) is 25.7 Å². The van der Waals surface area contributed by atoms with E-state index in [1.807, 2.05) is 0 Å². The van der Waals surface area contributed by atoms with Crippen LogP contribution in [0.5, 0.6) is 0 Å². The first-order valence-electron chi connectivity index (χ1n) is 42.9. The summed E-state index contributed by atoms with van der Waals surface area (Å²) in [6.45, 7) is 12.0. The van der Waals surface area contributed by atoms with Crippen LogP contribution in [-0.2, 0) is 65.4 Å². The maximum Gasteiger partial charge on any atom is 0.472 e. The summed E-state index contributed by atoms with van der Waals surface area (Å²) in [6, 6.07) is 0. The molecule has 3 N–H and O–H groups in total. The molecule has 19 heteroatoms. The van der Waals surface area contributed by atoms with Gasteiger partial charge in [0.1, 0.15) is 19.3 Å². The normalized spacial score (nSPS) is 14.2. The van der Waals surface area contributed by atoms with Gasteiger partial charge in [-0.2, -0.15) is 0 Å². The van der Waals surface area contributed by atoms with E-state index in [1.165, 1.54) is 244 Å². The second-order valence-electron chi connectivity index (χ2n) is 31.1. The molecule has 0 heterocycles. The summed E-state index contributed by atoms with van der Waals surface area (Å²) in [5.41, 5.74) is 0. The molecule has 0 bridgehead atoms. The van der Waals surface area contributed by atoms with Crippen LogP contribution >= 0.6 is 15.6 Å². The van der Waals surface area contributed by atoms with Crippen LogP contribution in [-0.4, -0.2) is 96.7 Å². The summed E-state index contributed by atoms with van der Waals surface area (Å²) in [5, 5.41) is 10.7. The third kappa shape index (κ3) is 74.9. The molecule has 0 aromatic heterocycles. The summed E-state index contributed by atoms with van der Waals surface area (Å²) in [6.07, 6.45) is 62.3. The monoisotopic (exact) mass is 1490 g/mol. The van der Waals surface area contributed by atoms with Gasteiger partial charge in [-0.3, -0.25) is 37.3 Å². The first-order chi connectivity index (χ1) is 49.3. The number of carbonyl (C=O) groups is 4. The van der Waals surface area contributed by atoms with E-state index in [9.17, 15) is 43.2 Å². The van der Waals surface area contributed by atoms with E-state index >= 15 is 0 Å². The van der Waals surface area contributed by atoms with Crippen molar-refractivity contribution in [3.8, 4) is 0 Å². The van der Waals surface area contributed by atoms with Crippen molar-refractivity contribution >= 4 is 39.5 Å². The molecule has 0 spiro atoms. The predicted octanol–water partition coefficient (Wildman–Crippen LogP) is 24.9. The van der Waals surface area contributed by atoms with Gasteiger partial charge in [-0.05, 0) is 43.4 Å². The minimum absolute atomic E-state index is 0.107. The summed E-state index contributed by atoms with van der Waals surface area (Å²) >= 11 is 0. The first kappa shape index (κ1) is 100. The lowest BCUT2D eigenvalue weighted by atomic mass is 9.99. The number of ether oxygens (including phenoxy) is 4. The van der Waals surface area contributed by atoms with Gasteiger partial charge in [0.15, 0.2) is 12.2 Å². The fourth-order valence-electron chi connectivity index (χ4n) is 12.8. The Balaban J connectivity index is 5.24. The van der Waals surface area contributed by atoms with Crippen LogP contribution in [0.2, 0.25) is 0 Å². The Morgan fingerprint density at radius 1 is 0.284 bits per heavy atom. The molecule has 0 radical (unpaired) electrons. The SMILES string of the molecule is CCCCCCCCCCCCC(=O)OC[C@H](COP(=O)(O)OC[C@H](O)COP(=O)(O)OC[C@@H](COC(=O)CCCCCCCCCCCCCCCCC(C)CC)OC(=O)CCCCCCCCCCCCCCCCCCC(C)C)OC(=O)CCCCCCCCCCCCCCC(C)C. The highest BCUT2D eigenvalue weighted by Gasteiger charge is 2.30. The minimum atomic E-state index is -4.96. The van der Waals surface area contributed by atoms with Crippen molar-refractivity contribution in [1.82, 2.24) is 0 Å². The molecule has 0 aliphatic heterocycles. The van der Waals surface area contributed by atoms with Crippen LogP contribution in [0.25, 0.3) is 0 Å². The first-order valence-corrected chi connectivity index (χ1v) is 45.9. The lowest BCUT2D eigenvalue weighted by Crippen LogP contribution is -2.30. The topological polar surface area (TPSA) is 237 Å². The van der Waals surface area contributed by atoms with E-state index < -0.39 is 97.5 Å². The summed E-state index contributed by atoms with van der Waals surface area (Å²) in [7, 11) is -9.92. The Morgan fingerprint density at radius 2 is 0.500 bits per heavy atom. The highest BCUT2D eigenvalue weighted by Crippen LogP contribution is 2.45. The van der Waals surface area contributed by atoms with E-state index in [1.54, 1.807) is 0 Å². The molecule has 17 nitrogen and oxygen atoms in total. The molecule has 0 aliphatic rings. The molecule has 606 valence electrons. The Kier molecular flexibility index (Phi) is 71.8. The molecule has 0 aliphatic carbocycles. The average Bonchev–Trinajstić information content (AvgIpc) is 0.915. The smallest absolute Gasteiger partial charge is 0.462 e. The maximum absolute atomic E-state index is 13.1. The van der Waals surface area contributed by atoms with Crippen molar-refractivity contribution in [3.63, 3.8) is 0 Å². The zero-order chi connectivity index (χ0) is 75.1. The Morgan fingerprint density at radius 3 is 0.745 bits per heavy atom. The van der Waals surface area contributed by atoms with Crippen molar-refractivity contribution in [2.45, 2.75) is 452 Å². The zero-order valence-corrected chi connectivity index (χ0v) is 68.9. The maximum atomic E-state index is 13.1. The van der Waals surface area contributed by atoms with Gasteiger partial charge in [0.2, 0.25) is 0 Å². The van der Waals surface area contributed by atoms with Crippen molar-refractivity contribution in [3.05, 3.63) is 0 Å². The van der Waals surface area contributed by atoms with E-state index in [-0.39, 0.29) is 25.7 Å². The number of rotatable bonds is 81.